The first-order valence-corrected chi connectivity index (χ1v) is 10.8. The first kappa shape index (κ1) is 20.9. The Bertz CT molecular complexity index is 1220. The molecule has 0 saturated heterocycles. The van der Waals surface area contributed by atoms with Gasteiger partial charge in [-0.3, -0.25) is 4.79 Å². The molecular formula is C25H24N2O3S. The normalized spacial score (nSPS) is 11.8. The van der Waals surface area contributed by atoms with Gasteiger partial charge >= 0.3 is 0 Å². The molecule has 0 N–H and O–H groups in total. The molecule has 31 heavy (non-hydrogen) atoms. The second-order valence-corrected chi connectivity index (χ2v) is 8.21. The summed E-state index contributed by atoms with van der Waals surface area (Å²) in [7, 11) is 5.13. The summed E-state index contributed by atoms with van der Waals surface area (Å²) in [5.41, 5.74) is 3.15. The predicted molar refractivity (Wildman–Crippen MR) is 124 cm³/mol. The highest BCUT2D eigenvalue weighted by atomic mass is 32.1. The van der Waals surface area contributed by atoms with Crippen molar-refractivity contribution in [3.8, 4) is 11.5 Å². The molecule has 1 amide bonds. The van der Waals surface area contributed by atoms with Gasteiger partial charge in [-0.15, -0.1) is 0 Å². The van der Waals surface area contributed by atoms with E-state index in [1.807, 2.05) is 60.1 Å². The average molecular weight is 433 g/mol. The van der Waals surface area contributed by atoms with Crippen molar-refractivity contribution in [1.29, 1.82) is 0 Å². The predicted octanol–water partition coefficient (Wildman–Crippen LogP) is 4.91. The van der Waals surface area contributed by atoms with Gasteiger partial charge < -0.3 is 14.0 Å². The van der Waals surface area contributed by atoms with Crippen LogP contribution in [-0.2, 0) is 11.8 Å². The molecule has 0 radical (unpaired) electrons. The second kappa shape index (κ2) is 9.18. The maximum Gasteiger partial charge on any atom is 0.249 e. The third kappa shape index (κ3) is 4.39. The standard InChI is InChI=1S/C25H24N2O3S/c1-27-20-15-21(29-2)22(30-3)16-23(20)31-25(27)26-24(28)14-19(17-10-6-4-7-11-17)18-12-8-5-9-13-18/h4-13,15-16,19H,14H2,1-3H3. The number of nitrogens with zero attached hydrogens (tertiary/aromatic N) is 2. The Labute approximate surface area is 185 Å². The van der Waals surface area contributed by atoms with E-state index in [2.05, 4.69) is 29.3 Å². The van der Waals surface area contributed by atoms with E-state index in [0.717, 1.165) is 21.3 Å². The number of ether oxygens (including phenoxy) is 2. The molecule has 0 aliphatic rings. The molecule has 3 aromatic carbocycles. The van der Waals surface area contributed by atoms with Gasteiger partial charge in [0.15, 0.2) is 16.3 Å². The van der Waals surface area contributed by atoms with Crippen molar-refractivity contribution >= 4 is 27.5 Å². The Balaban J connectivity index is 1.70. The van der Waals surface area contributed by atoms with Crippen molar-refractivity contribution in [2.75, 3.05) is 14.2 Å². The Hall–Kier alpha value is -3.38. The van der Waals surface area contributed by atoms with Crippen LogP contribution in [0.25, 0.3) is 10.2 Å². The van der Waals surface area contributed by atoms with Crippen LogP contribution in [0.3, 0.4) is 0 Å². The average Bonchev–Trinajstić information content (AvgIpc) is 3.11. The molecular weight excluding hydrogens is 408 g/mol. The molecule has 1 aromatic heterocycles. The highest BCUT2D eigenvalue weighted by Crippen LogP contribution is 2.33. The van der Waals surface area contributed by atoms with Gasteiger partial charge in [-0.1, -0.05) is 72.0 Å². The van der Waals surface area contributed by atoms with Gasteiger partial charge in [0.1, 0.15) is 0 Å². The van der Waals surface area contributed by atoms with E-state index in [1.54, 1.807) is 14.2 Å². The fourth-order valence-corrected chi connectivity index (χ4v) is 4.73. The molecule has 5 nitrogen and oxygen atoms in total. The molecule has 0 atom stereocenters. The number of hydrogen-bond donors (Lipinski definition) is 0. The molecule has 0 aliphatic heterocycles. The van der Waals surface area contributed by atoms with Gasteiger partial charge in [0.05, 0.1) is 24.4 Å². The van der Waals surface area contributed by atoms with Crippen LogP contribution in [0.4, 0.5) is 0 Å². The highest BCUT2D eigenvalue weighted by Gasteiger charge is 2.18. The zero-order valence-electron chi connectivity index (χ0n) is 17.7. The van der Waals surface area contributed by atoms with Crippen molar-refractivity contribution in [2.45, 2.75) is 12.3 Å². The van der Waals surface area contributed by atoms with Gasteiger partial charge in [-0.05, 0) is 11.1 Å². The number of aromatic nitrogens is 1. The van der Waals surface area contributed by atoms with Crippen molar-refractivity contribution in [3.63, 3.8) is 0 Å². The lowest BCUT2D eigenvalue weighted by Crippen LogP contribution is -2.15. The lowest BCUT2D eigenvalue weighted by atomic mass is 9.88. The smallest absolute Gasteiger partial charge is 0.249 e. The number of fused-ring (bicyclic) bond motifs is 1. The summed E-state index contributed by atoms with van der Waals surface area (Å²) in [6.07, 6.45) is 0.301. The summed E-state index contributed by atoms with van der Waals surface area (Å²) in [6, 6.07) is 24.0. The van der Waals surface area contributed by atoms with Crippen molar-refractivity contribution < 1.29 is 14.3 Å². The molecule has 0 unspecified atom stereocenters. The molecule has 4 rings (SSSR count). The molecule has 158 valence electrons. The summed E-state index contributed by atoms with van der Waals surface area (Å²) < 4.78 is 13.7. The summed E-state index contributed by atoms with van der Waals surface area (Å²) in [5.74, 6) is 1.11. The minimum atomic E-state index is -0.154. The maximum absolute atomic E-state index is 13.0. The van der Waals surface area contributed by atoms with E-state index in [4.69, 9.17) is 9.47 Å². The third-order valence-electron chi connectivity index (χ3n) is 5.32. The SMILES string of the molecule is COc1cc2sc(=NC(=O)CC(c3ccccc3)c3ccccc3)n(C)c2cc1OC. The Morgan fingerprint density at radius 2 is 1.48 bits per heavy atom. The molecule has 0 bridgehead atoms. The van der Waals surface area contributed by atoms with Crippen LogP contribution >= 0.6 is 11.3 Å². The topological polar surface area (TPSA) is 52.8 Å². The number of amides is 1. The van der Waals surface area contributed by atoms with Crippen molar-refractivity contribution in [1.82, 2.24) is 4.57 Å². The highest BCUT2D eigenvalue weighted by molar-refractivity contribution is 7.16. The Morgan fingerprint density at radius 3 is 2.03 bits per heavy atom. The minimum Gasteiger partial charge on any atom is -0.493 e. The fourth-order valence-electron chi connectivity index (χ4n) is 3.69. The van der Waals surface area contributed by atoms with Crippen LogP contribution in [0.1, 0.15) is 23.5 Å². The maximum atomic E-state index is 13.0. The number of rotatable bonds is 6. The first-order chi connectivity index (χ1) is 15.1. The van der Waals surface area contributed by atoms with Crippen LogP contribution in [0.2, 0.25) is 0 Å². The zero-order valence-corrected chi connectivity index (χ0v) is 18.6. The number of thiazole rings is 1. The Kier molecular flexibility index (Phi) is 6.18. The van der Waals surface area contributed by atoms with E-state index in [0.29, 0.717) is 22.7 Å². The molecule has 0 saturated carbocycles. The summed E-state index contributed by atoms with van der Waals surface area (Å²) in [5, 5.41) is 0. The van der Waals surface area contributed by atoms with E-state index in [1.165, 1.54) is 11.3 Å². The largest absolute Gasteiger partial charge is 0.493 e. The zero-order chi connectivity index (χ0) is 21.8. The van der Waals surface area contributed by atoms with E-state index in [9.17, 15) is 4.79 Å². The first-order valence-electron chi connectivity index (χ1n) is 9.99. The summed E-state index contributed by atoms with van der Waals surface area (Å²) in [4.78, 5) is 18.1. The lowest BCUT2D eigenvalue weighted by molar-refractivity contribution is -0.118. The van der Waals surface area contributed by atoms with Crippen LogP contribution < -0.4 is 14.3 Å². The van der Waals surface area contributed by atoms with Crippen molar-refractivity contribution in [3.05, 3.63) is 88.7 Å². The number of aryl methyl sites for hydroxylation is 1. The molecule has 0 fully saturated rings. The summed E-state index contributed by atoms with van der Waals surface area (Å²) >= 11 is 1.46. The van der Waals surface area contributed by atoms with Crippen LogP contribution in [0, 0.1) is 0 Å². The molecule has 0 aliphatic carbocycles. The van der Waals surface area contributed by atoms with E-state index in [-0.39, 0.29) is 11.8 Å². The van der Waals surface area contributed by atoms with Crippen LogP contribution in [0.15, 0.2) is 77.8 Å². The molecule has 1 heterocycles. The van der Waals surface area contributed by atoms with Crippen LogP contribution in [0.5, 0.6) is 11.5 Å². The van der Waals surface area contributed by atoms with Gasteiger partial charge in [-0.2, -0.15) is 4.99 Å². The number of benzene rings is 3. The fraction of sp³-hybridized carbons (Fsp3) is 0.200. The number of hydrogen-bond acceptors (Lipinski definition) is 4. The molecule has 4 aromatic rings. The van der Waals surface area contributed by atoms with Gasteiger partial charge in [0, 0.05) is 31.5 Å². The molecule has 6 heteroatoms. The number of carbonyl (C=O) groups excluding carboxylic acids is 1. The van der Waals surface area contributed by atoms with E-state index >= 15 is 0 Å². The lowest BCUT2D eigenvalue weighted by Gasteiger charge is -2.16. The van der Waals surface area contributed by atoms with Gasteiger partial charge in [0.25, 0.3) is 0 Å². The second-order valence-electron chi connectivity index (χ2n) is 7.20. The summed E-state index contributed by atoms with van der Waals surface area (Å²) in [6.45, 7) is 0. The minimum absolute atomic E-state index is 0.0430. The van der Waals surface area contributed by atoms with Crippen molar-refractivity contribution in [2.24, 2.45) is 12.0 Å². The van der Waals surface area contributed by atoms with E-state index < -0.39 is 0 Å². The van der Waals surface area contributed by atoms with Gasteiger partial charge in [0.2, 0.25) is 5.91 Å². The Morgan fingerprint density at radius 1 is 0.935 bits per heavy atom. The monoisotopic (exact) mass is 432 g/mol. The van der Waals surface area contributed by atoms with Gasteiger partial charge in [-0.25, -0.2) is 0 Å². The van der Waals surface area contributed by atoms with Crippen LogP contribution in [-0.4, -0.2) is 24.7 Å². The number of methoxy groups -OCH3 is 2. The number of carbonyl (C=O) groups is 1. The molecule has 0 spiro atoms. The third-order valence-corrected chi connectivity index (χ3v) is 6.41. The quantitative estimate of drug-likeness (QED) is 0.435.